The molecule has 1 amide bonds. The predicted molar refractivity (Wildman–Crippen MR) is 47.4 cm³/mol. The van der Waals surface area contributed by atoms with Crippen LogP contribution in [-0.2, 0) is 9.53 Å². The summed E-state index contributed by atoms with van der Waals surface area (Å²) in [5.41, 5.74) is 0. The minimum Gasteiger partial charge on any atom is -0.450 e. The fourth-order valence-corrected chi connectivity index (χ4v) is 1.28. The molecule has 0 aromatic carbocycles. The van der Waals surface area contributed by atoms with Gasteiger partial charge in [0.25, 0.3) is 0 Å². The number of nitrogens with one attached hydrogen (secondary N) is 1. The third kappa shape index (κ3) is 3.05. The van der Waals surface area contributed by atoms with E-state index in [0.29, 0.717) is 12.5 Å². The lowest BCUT2D eigenvalue weighted by Crippen LogP contribution is -2.41. The second kappa shape index (κ2) is 4.25. The molecule has 0 saturated heterocycles. The van der Waals surface area contributed by atoms with E-state index in [-0.39, 0.29) is 11.8 Å². The largest absolute Gasteiger partial charge is 0.450 e. The van der Waals surface area contributed by atoms with Crippen molar-refractivity contribution < 1.29 is 14.3 Å². The summed E-state index contributed by atoms with van der Waals surface area (Å²) in [6, 6.07) is -0.334. The normalized spacial score (nSPS) is 17.7. The molecule has 1 aliphatic rings. The molecule has 1 atom stereocenters. The van der Waals surface area contributed by atoms with Crippen molar-refractivity contribution in [2.45, 2.75) is 32.7 Å². The van der Waals surface area contributed by atoms with Gasteiger partial charge in [0, 0.05) is 0 Å². The number of hydrogen-bond acceptors (Lipinski definition) is 3. The highest BCUT2D eigenvalue weighted by Crippen LogP contribution is 2.32. The lowest BCUT2D eigenvalue weighted by Gasteiger charge is -2.14. The van der Waals surface area contributed by atoms with Crippen molar-refractivity contribution in [3.05, 3.63) is 0 Å². The molecule has 13 heavy (non-hydrogen) atoms. The number of Topliss-reactive ketones (excluding diaryl/α,β-unsaturated/α-hetero) is 1. The number of ether oxygens (including phenoxy) is 1. The third-order valence-corrected chi connectivity index (χ3v) is 2.08. The lowest BCUT2D eigenvalue weighted by molar-refractivity contribution is -0.119. The van der Waals surface area contributed by atoms with Gasteiger partial charge in [0.2, 0.25) is 0 Å². The van der Waals surface area contributed by atoms with Crippen LogP contribution in [0.15, 0.2) is 0 Å². The van der Waals surface area contributed by atoms with Crippen LogP contribution < -0.4 is 5.32 Å². The molecule has 0 bridgehead atoms. The van der Waals surface area contributed by atoms with Crippen LogP contribution >= 0.6 is 0 Å². The molecule has 0 heterocycles. The SMILES string of the molecule is CCOC(=O)NC(C(C)=O)C1CC1. The predicted octanol–water partition coefficient (Wildman–Crippen LogP) is 1.10. The first-order chi connectivity index (χ1) is 6.15. The van der Waals surface area contributed by atoms with Crippen LogP contribution in [0.3, 0.4) is 0 Å². The van der Waals surface area contributed by atoms with Gasteiger partial charge < -0.3 is 10.1 Å². The highest BCUT2D eigenvalue weighted by Gasteiger charge is 2.35. The Labute approximate surface area is 77.6 Å². The molecule has 1 unspecified atom stereocenters. The van der Waals surface area contributed by atoms with Gasteiger partial charge in [-0.25, -0.2) is 4.79 Å². The fourth-order valence-electron chi connectivity index (χ4n) is 1.28. The Morgan fingerprint density at radius 2 is 2.15 bits per heavy atom. The Morgan fingerprint density at radius 3 is 2.54 bits per heavy atom. The molecule has 0 aromatic heterocycles. The zero-order valence-corrected chi connectivity index (χ0v) is 8.00. The summed E-state index contributed by atoms with van der Waals surface area (Å²) in [6.45, 7) is 3.57. The van der Waals surface area contributed by atoms with Crippen LogP contribution in [-0.4, -0.2) is 24.5 Å². The molecule has 0 spiro atoms. The molecule has 4 heteroatoms. The average Bonchev–Trinajstić information content (AvgIpc) is 2.82. The number of carbonyl (C=O) groups excluding carboxylic acids is 2. The van der Waals surface area contributed by atoms with Crippen LogP contribution in [0.5, 0.6) is 0 Å². The standard InChI is InChI=1S/C9H15NO3/c1-3-13-9(12)10-8(6(2)11)7-4-5-7/h7-8H,3-5H2,1-2H3,(H,10,12). The number of amides is 1. The molecule has 0 radical (unpaired) electrons. The summed E-state index contributed by atoms with van der Waals surface area (Å²) in [5, 5.41) is 2.57. The maximum absolute atomic E-state index is 11.1. The first-order valence-electron chi connectivity index (χ1n) is 4.59. The Bertz CT molecular complexity index is 211. The fraction of sp³-hybridized carbons (Fsp3) is 0.778. The molecular weight excluding hydrogens is 170 g/mol. The maximum Gasteiger partial charge on any atom is 0.407 e. The monoisotopic (exact) mass is 185 g/mol. The minimum absolute atomic E-state index is 0.00977. The van der Waals surface area contributed by atoms with Gasteiger partial charge in [-0.2, -0.15) is 0 Å². The number of rotatable bonds is 4. The van der Waals surface area contributed by atoms with Crippen LogP contribution in [0, 0.1) is 5.92 Å². The lowest BCUT2D eigenvalue weighted by atomic mass is 10.1. The quantitative estimate of drug-likeness (QED) is 0.713. The number of alkyl carbamates (subject to hydrolysis) is 1. The van der Waals surface area contributed by atoms with Crippen molar-refractivity contribution in [1.82, 2.24) is 5.32 Å². The summed E-state index contributed by atoms with van der Waals surface area (Å²) in [5.74, 6) is 0.345. The molecule has 0 aromatic rings. The van der Waals surface area contributed by atoms with Crippen molar-refractivity contribution in [2.75, 3.05) is 6.61 Å². The Morgan fingerprint density at radius 1 is 1.54 bits per heavy atom. The minimum atomic E-state index is -0.491. The summed E-state index contributed by atoms with van der Waals surface area (Å²) in [7, 11) is 0. The van der Waals surface area contributed by atoms with E-state index in [9.17, 15) is 9.59 Å². The van der Waals surface area contributed by atoms with Gasteiger partial charge in [-0.05, 0) is 32.6 Å². The summed E-state index contributed by atoms with van der Waals surface area (Å²) < 4.78 is 4.70. The molecule has 74 valence electrons. The first kappa shape index (κ1) is 10.0. The van der Waals surface area contributed by atoms with E-state index in [2.05, 4.69) is 5.32 Å². The van der Waals surface area contributed by atoms with Crippen LogP contribution in [0.1, 0.15) is 26.7 Å². The molecule has 1 N–H and O–H groups in total. The zero-order chi connectivity index (χ0) is 9.84. The van der Waals surface area contributed by atoms with Crippen molar-refractivity contribution in [3.8, 4) is 0 Å². The van der Waals surface area contributed by atoms with Gasteiger partial charge in [-0.3, -0.25) is 4.79 Å². The molecule has 1 aliphatic carbocycles. The zero-order valence-electron chi connectivity index (χ0n) is 8.00. The van der Waals surface area contributed by atoms with E-state index in [1.807, 2.05) is 0 Å². The van der Waals surface area contributed by atoms with Gasteiger partial charge in [0.15, 0.2) is 5.78 Å². The van der Waals surface area contributed by atoms with Gasteiger partial charge in [0.1, 0.15) is 0 Å². The number of carbonyl (C=O) groups is 2. The summed E-state index contributed by atoms with van der Waals surface area (Å²) >= 11 is 0. The summed E-state index contributed by atoms with van der Waals surface area (Å²) in [4.78, 5) is 22.1. The Kier molecular flexibility index (Phi) is 3.28. The number of ketones is 1. The third-order valence-electron chi connectivity index (χ3n) is 2.08. The van der Waals surface area contributed by atoms with E-state index in [1.165, 1.54) is 6.92 Å². The second-order valence-corrected chi connectivity index (χ2v) is 3.29. The van der Waals surface area contributed by atoms with Gasteiger partial charge >= 0.3 is 6.09 Å². The van der Waals surface area contributed by atoms with Gasteiger partial charge in [-0.15, -0.1) is 0 Å². The van der Waals surface area contributed by atoms with Crippen molar-refractivity contribution in [1.29, 1.82) is 0 Å². The van der Waals surface area contributed by atoms with Crippen molar-refractivity contribution in [2.24, 2.45) is 5.92 Å². The van der Waals surface area contributed by atoms with Crippen LogP contribution in [0.2, 0.25) is 0 Å². The van der Waals surface area contributed by atoms with Crippen molar-refractivity contribution in [3.63, 3.8) is 0 Å². The molecular formula is C9H15NO3. The molecule has 4 nitrogen and oxygen atoms in total. The molecule has 1 saturated carbocycles. The van der Waals surface area contributed by atoms with Crippen molar-refractivity contribution >= 4 is 11.9 Å². The Hall–Kier alpha value is -1.06. The Balaban J connectivity index is 2.37. The first-order valence-corrected chi connectivity index (χ1v) is 4.59. The van der Waals surface area contributed by atoms with Gasteiger partial charge in [0.05, 0.1) is 12.6 Å². The van der Waals surface area contributed by atoms with E-state index >= 15 is 0 Å². The highest BCUT2D eigenvalue weighted by atomic mass is 16.5. The van der Waals surface area contributed by atoms with E-state index in [4.69, 9.17) is 4.74 Å². The highest BCUT2D eigenvalue weighted by molar-refractivity contribution is 5.86. The second-order valence-electron chi connectivity index (χ2n) is 3.29. The van der Waals surface area contributed by atoms with Crippen LogP contribution in [0.25, 0.3) is 0 Å². The van der Waals surface area contributed by atoms with E-state index in [1.54, 1.807) is 6.92 Å². The number of hydrogen-bond donors (Lipinski definition) is 1. The summed E-state index contributed by atoms with van der Waals surface area (Å²) in [6.07, 6.45) is 1.56. The topological polar surface area (TPSA) is 55.4 Å². The van der Waals surface area contributed by atoms with E-state index in [0.717, 1.165) is 12.8 Å². The van der Waals surface area contributed by atoms with E-state index < -0.39 is 6.09 Å². The van der Waals surface area contributed by atoms with Crippen LogP contribution in [0.4, 0.5) is 4.79 Å². The maximum atomic E-state index is 11.1. The molecule has 1 rings (SSSR count). The smallest absolute Gasteiger partial charge is 0.407 e. The average molecular weight is 185 g/mol. The molecule has 1 fully saturated rings. The molecule has 0 aliphatic heterocycles. The van der Waals surface area contributed by atoms with Gasteiger partial charge in [-0.1, -0.05) is 0 Å².